The maximum Gasteiger partial charge on any atom is 0.272 e. The van der Waals surface area contributed by atoms with E-state index in [0.717, 1.165) is 0 Å². The lowest BCUT2D eigenvalue weighted by Crippen LogP contribution is -2.41. The smallest absolute Gasteiger partial charge is 0.272 e. The maximum atomic E-state index is 12.4. The standard InChI is InChI=1S/C18H21ClN4O3/c1-18(2,3)23-17(25)16-13(9-20-10-21-16)22-15(24)8-11-7-12(19)5-6-14(11)26-4/h5-7,9-10H,8H2,1-4H3,(H,22,24)(H,23,25). The van der Waals surface area contributed by atoms with Gasteiger partial charge in [0.1, 0.15) is 12.1 Å². The van der Waals surface area contributed by atoms with Gasteiger partial charge in [0.05, 0.1) is 25.4 Å². The first kappa shape index (κ1) is 19.7. The summed E-state index contributed by atoms with van der Waals surface area (Å²) in [6.45, 7) is 5.57. The number of hydrogen-bond donors (Lipinski definition) is 2. The second-order valence-corrected chi connectivity index (χ2v) is 7.11. The van der Waals surface area contributed by atoms with Gasteiger partial charge in [-0.05, 0) is 39.0 Å². The molecule has 0 saturated heterocycles. The van der Waals surface area contributed by atoms with Crippen LogP contribution in [0.2, 0.25) is 5.02 Å². The van der Waals surface area contributed by atoms with Gasteiger partial charge in [-0.1, -0.05) is 11.6 Å². The van der Waals surface area contributed by atoms with Crippen LogP contribution < -0.4 is 15.4 Å². The Morgan fingerprint density at radius 1 is 1.27 bits per heavy atom. The molecule has 2 rings (SSSR count). The van der Waals surface area contributed by atoms with Crippen molar-refractivity contribution in [2.75, 3.05) is 12.4 Å². The van der Waals surface area contributed by atoms with E-state index in [2.05, 4.69) is 20.6 Å². The van der Waals surface area contributed by atoms with Crippen LogP contribution in [0.3, 0.4) is 0 Å². The van der Waals surface area contributed by atoms with Crippen LogP contribution in [0.25, 0.3) is 0 Å². The van der Waals surface area contributed by atoms with Crippen molar-refractivity contribution in [3.63, 3.8) is 0 Å². The van der Waals surface area contributed by atoms with Crippen molar-refractivity contribution in [2.45, 2.75) is 32.7 Å². The summed E-state index contributed by atoms with van der Waals surface area (Å²) < 4.78 is 5.24. The Morgan fingerprint density at radius 2 is 2.00 bits per heavy atom. The fraction of sp³-hybridized carbons (Fsp3) is 0.333. The summed E-state index contributed by atoms with van der Waals surface area (Å²) in [6, 6.07) is 5.04. The van der Waals surface area contributed by atoms with Crippen LogP contribution in [-0.4, -0.2) is 34.4 Å². The van der Waals surface area contributed by atoms with E-state index in [0.29, 0.717) is 16.3 Å². The summed E-state index contributed by atoms with van der Waals surface area (Å²) in [6.07, 6.45) is 2.67. The molecule has 0 atom stereocenters. The number of halogens is 1. The minimum atomic E-state index is -0.433. The van der Waals surface area contributed by atoms with Gasteiger partial charge in [-0.25, -0.2) is 9.97 Å². The van der Waals surface area contributed by atoms with Crippen molar-refractivity contribution in [3.05, 3.63) is 47.0 Å². The van der Waals surface area contributed by atoms with E-state index in [-0.39, 0.29) is 23.7 Å². The van der Waals surface area contributed by atoms with Crippen molar-refractivity contribution in [3.8, 4) is 5.75 Å². The number of carbonyl (C=O) groups excluding carboxylic acids is 2. The molecule has 2 N–H and O–H groups in total. The Morgan fingerprint density at radius 3 is 2.65 bits per heavy atom. The Hall–Kier alpha value is -2.67. The lowest BCUT2D eigenvalue weighted by molar-refractivity contribution is -0.115. The summed E-state index contributed by atoms with van der Waals surface area (Å²) in [4.78, 5) is 32.7. The van der Waals surface area contributed by atoms with E-state index in [1.807, 2.05) is 20.8 Å². The van der Waals surface area contributed by atoms with Crippen molar-refractivity contribution < 1.29 is 14.3 Å². The molecule has 138 valence electrons. The highest BCUT2D eigenvalue weighted by Crippen LogP contribution is 2.23. The van der Waals surface area contributed by atoms with Gasteiger partial charge in [-0.15, -0.1) is 0 Å². The largest absolute Gasteiger partial charge is 0.496 e. The third-order valence-corrected chi connectivity index (χ3v) is 3.52. The number of benzene rings is 1. The van der Waals surface area contributed by atoms with Crippen LogP contribution >= 0.6 is 11.6 Å². The molecule has 0 aliphatic heterocycles. The number of anilines is 1. The number of ether oxygens (including phenoxy) is 1. The lowest BCUT2D eigenvalue weighted by atomic mass is 10.1. The number of aromatic nitrogens is 2. The van der Waals surface area contributed by atoms with Gasteiger partial charge in [0.15, 0.2) is 5.69 Å². The molecule has 2 aromatic rings. The van der Waals surface area contributed by atoms with Crippen LogP contribution in [0.4, 0.5) is 5.69 Å². The summed E-state index contributed by atoms with van der Waals surface area (Å²) >= 11 is 5.99. The highest BCUT2D eigenvalue weighted by molar-refractivity contribution is 6.30. The molecule has 0 saturated carbocycles. The zero-order chi connectivity index (χ0) is 19.3. The molecule has 1 aromatic heterocycles. The third-order valence-electron chi connectivity index (χ3n) is 3.28. The van der Waals surface area contributed by atoms with Gasteiger partial charge in [0.2, 0.25) is 5.91 Å². The van der Waals surface area contributed by atoms with Gasteiger partial charge in [-0.3, -0.25) is 9.59 Å². The zero-order valence-electron chi connectivity index (χ0n) is 15.1. The van der Waals surface area contributed by atoms with E-state index in [1.165, 1.54) is 19.6 Å². The van der Waals surface area contributed by atoms with Crippen molar-refractivity contribution in [1.82, 2.24) is 15.3 Å². The van der Waals surface area contributed by atoms with Crippen molar-refractivity contribution in [2.24, 2.45) is 0 Å². The average Bonchev–Trinajstić information content (AvgIpc) is 2.54. The Kier molecular flexibility index (Phi) is 6.15. The van der Waals surface area contributed by atoms with Crippen LogP contribution in [0, 0.1) is 0 Å². The van der Waals surface area contributed by atoms with E-state index >= 15 is 0 Å². The predicted octanol–water partition coefficient (Wildman–Crippen LogP) is 2.85. The molecule has 0 bridgehead atoms. The number of carbonyl (C=O) groups is 2. The van der Waals surface area contributed by atoms with Crippen molar-refractivity contribution in [1.29, 1.82) is 0 Å². The minimum Gasteiger partial charge on any atom is -0.496 e. The highest BCUT2D eigenvalue weighted by Gasteiger charge is 2.20. The normalized spacial score (nSPS) is 11.0. The minimum absolute atomic E-state index is 0.0267. The molecule has 8 heteroatoms. The number of hydrogen-bond acceptors (Lipinski definition) is 5. The molecular formula is C18H21ClN4O3. The van der Waals surface area contributed by atoms with Gasteiger partial charge in [0, 0.05) is 16.1 Å². The monoisotopic (exact) mass is 376 g/mol. The Labute approximate surface area is 157 Å². The van der Waals surface area contributed by atoms with Gasteiger partial charge in [-0.2, -0.15) is 0 Å². The fourth-order valence-corrected chi connectivity index (χ4v) is 2.45. The van der Waals surface area contributed by atoms with E-state index in [1.54, 1.807) is 18.2 Å². The number of nitrogens with zero attached hydrogens (tertiary/aromatic N) is 2. The van der Waals surface area contributed by atoms with E-state index < -0.39 is 11.4 Å². The summed E-state index contributed by atoms with van der Waals surface area (Å²) in [7, 11) is 1.52. The van der Waals surface area contributed by atoms with Crippen LogP contribution in [0.5, 0.6) is 5.75 Å². The molecule has 0 fully saturated rings. The Bertz CT molecular complexity index is 818. The summed E-state index contributed by atoms with van der Waals surface area (Å²) in [5.41, 5.74) is 0.536. The average molecular weight is 377 g/mol. The molecule has 0 radical (unpaired) electrons. The molecule has 0 aliphatic carbocycles. The first-order chi connectivity index (χ1) is 12.2. The molecule has 1 heterocycles. The fourth-order valence-electron chi connectivity index (χ4n) is 2.25. The quantitative estimate of drug-likeness (QED) is 0.836. The predicted molar refractivity (Wildman–Crippen MR) is 99.6 cm³/mol. The molecule has 26 heavy (non-hydrogen) atoms. The van der Waals surface area contributed by atoms with Crippen molar-refractivity contribution >= 4 is 29.1 Å². The van der Waals surface area contributed by atoms with Crippen LogP contribution in [-0.2, 0) is 11.2 Å². The second-order valence-electron chi connectivity index (χ2n) is 6.67. The first-order valence-corrected chi connectivity index (χ1v) is 8.32. The maximum absolute atomic E-state index is 12.4. The lowest BCUT2D eigenvalue weighted by Gasteiger charge is -2.20. The molecule has 1 aromatic carbocycles. The second kappa shape index (κ2) is 8.14. The summed E-state index contributed by atoms with van der Waals surface area (Å²) in [5.74, 6) is -0.180. The number of amides is 2. The van der Waals surface area contributed by atoms with Gasteiger partial charge in [0.25, 0.3) is 5.91 Å². The molecule has 0 unspecified atom stereocenters. The molecule has 0 spiro atoms. The third kappa shape index (κ3) is 5.42. The number of nitrogens with one attached hydrogen (secondary N) is 2. The van der Waals surface area contributed by atoms with E-state index in [9.17, 15) is 9.59 Å². The molecule has 0 aliphatic rings. The SMILES string of the molecule is COc1ccc(Cl)cc1CC(=O)Nc1cncnc1C(=O)NC(C)(C)C. The molecule has 7 nitrogen and oxygen atoms in total. The number of methoxy groups -OCH3 is 1. The topological polar surface area (TPSA) is 93.2 Å². The molecule has 2 amide bonds. The zero-order valence-corrected chi connectivity index (χ0v) is 15.8. The van der Waals surface area contributed by atoms with Crippen LogP contribution in [0.1, 0.15) is 36.8 Å². The van der Waals surface area contributed by atoms with Gasteiger partial charge >= 0.3 is 0 Å². The number of rotatable bonds is 5. The summed E-state index contributed by atoms with van der Waals surface area (Å²) in [5, 5.41) is 5.98. The first-order valence-electron chi connectivity index (χ1n) is 7.94. The van der Waals surface area contributed by atoms with Crippen LogP contribution in [0.15, 0.2) is 30.7 Å². The highest BCUT2D eigenvalue weighted by atomic mass is 35.5. The van der Waals surface area contributed by atoms with Gasteiger partial charge < -0.3 is 15.4 Å². The molecular weight excluding hydrogens is 356 g/mol. The van der Waals surface area contributed by atoms with E-state index in [4.69, 9.17) is 16.3 Å². The Balaban J connectivity index is 2.18.